The van der Waals surface area contributed by atoms with Gasteiger partial charge in [-0.05, 0) is 46.9 Å². The van der Waals surface area contributed by atoms with Crippen molar-refractivity contribution in [2.75, 3.05) is 0 Å². The van der Waals surface area contributed by atoms with E-state index in [9.17, 15) is 4.39 Å². The van der Waals surface area contributed by atoms with Crippen molar-refractivity contribution in [1.29, 1.82) is 0 Å². The van der Waals surface area contributed by atoms with Crippen LogP contribution in [0.4, 0.5) is 4.39 Å². The van der Waals surface area contributed by atoms with Gasteiger partial charge in [0.15, 0.2) is 0 Å². The predicted octanol–water partition coefficient (Wildman–Crippen LogP) is 5.40. The predicted molar refractivity (Wildman–Crippen MR) is 74.6 cm³/mol. The summed E-state index contributed by atoms with van der Waals surface area (Å²) in [6, 6.07) is 10.1. The molecule has 0 nitrogen and oxygen atoms in total. The quantitative estimate of drug-likeness (QED) is 0.592. The molecule has 2 aromatic rings. The molecule has 0 spiro atoms. The van der Waals surface area contributed by atoms with E-state index in [4.69, 9.17) is 23.2 Å². The monoisotopic (exact) mass is 366 g/mol. The fourth-order valence-corrected chi connectivity index (χ4v) is 2.31. The zero-order valence-corrected chi connectivity index (χ0v) is 11.6. The fourth-order valence-electron chi connectivity index (χ4n) is 1.42. The van der Waals surface area contributed by atoms with Crippen LogP contribution >= 0.6 is 45.8 Å². The molecule has 0 bridgehead atoms. The minimum absolute atomic E-state index is 0.301. The van der Waals surface area contributed by atoms with Crippen molar-refractivity contribution >= 4 is 45.8 Å². The van der Waals surface area contributed by atoms with Crippen molar-refractivity contribution in [3.8, 4) is 11.1 Å². The average molecular weight is 367 g/mol. The van der Waals surface area contributed by atoms with E-state index in [1.165, 1.54) is 6.07 Å². The zero-order valence-electron chi connectivity index (χ0n) is 7.98. The fraction of sp³-hybridized carbons (Fsp3) is 0. The molecule has 0 amide bonds. The molecule has 0 aliphatic heterocycles. The van der Waals surface area contributed by atoms with E-state index in [0.717, 1.165) is 3.57 Å². The van der Waals surface area contributed by atoms with E-state index < -0.39 is 0 Å². The summed E-state index contributed by atoms with van der Waals surface area (Å²) in [5, 5.41) is 0.808. The van der Waals surface area contributed by atoms with Crippen molar-refractivity contribution in [3.05, 3.63) is 55.8 Å². The third-order valence-electron chi connectivity index (χ3n) is 2.17. The standard InChI is InChI=1S/C12H6Cl2FI/c13-10-3-1-2-8(12(10)14)9-6-7(16)4-5-11(9)15/h1-6H. The molecule has 0 N–H and O–H groups in total. The molecule has 0 atom stereocenters. The lowest BCUT2D eigenvalue weighted by molar-refractivity contribution is 0.631. The summed E-state index contributed by atoms with van der Waals surface area (Å²) in [5.41, 5.74) is 1.09. The molecule has 16 heavy (non-hydrogen) atoms. The van der Waals surface area contributed by atoms with Gasteiger partial charge in [0, 0.05) is 14.7 Å². The SMILES string of the molecule is Fc1ccc(I)cc1-c1cccc(Cl)c1Cl. The normalized spacial score (nSPS) is 10.5. The Bertz CT molecular complexity index is 541. The van der Waals surface area contributed by atoms with Crippen molar-refractivity contribution in [2.45, 2.75) is 0 Å². The summed E-state index contributed by atoms with van der Waals surface area (Å²) in [7, 11) is 0. The number of hydrogen-bond donors (Lipinski definition) is 0. The summed E-state index contributed by atoms with van der Waals surface area (Å²) in [4.78, 5) is 0. The van der Waals surface area contributed by atoms with Gasteiger partial charge in [-0.25, -0.2) is 4.39 Å². The van der Waals surface area contributed by atoms with Gasteiger partial charge in [-0.2, -0.15) is 0 Å². The summed E-state index contributed by atoms with van der Waals surface area (Å²) in [6.45, 7) is 0. The first kappa shape index (κ1) is 12.1. The highest BCUT2D eigenvalue weighted by molar-refractivity contribution is 14.1. The maximum absolute atomic E-state index is 13.7. The maximum Gasteiger partial charge on any atom is 0.131 e. The molecule has 82 valence electrons. The lowest BCUT2D eigenvalue weighted by Crippen LogP contribution is -1.87. The molecule has 0 aliphatic rings. The minimum Gasteiger partial charge on any atom is -0.206 e. The zero-order chi connectivity index (χ0) is 11.7. The maximum atomic E-state index is 13.7. The van der Waals surface area contributed by atoms with Gasteiger partial charge >= 0.3 is 0 Å². The van der Waals surface area contributed by atoms with Crippen molar-refractivity contribution in [3.63, 3.8) is 0 Å². The van der Waals surface area contributed by atoms with Crippen LogP contribution in [0.15, 0.2) is 36.4 Å². The molecule has 0 saturated carbocycles. The topological polar surface area (TPSA) is 0 Å². The van der Waals surface area contributed by atoms with E-state index in [1.54, 1.807) is 30.3 Å². The van der Waals surface area contributed by atoms with Crippen molar-refractivity contribution in [1.82, 2.24) is 0 Å². The molecule has 0 fully saturated rings. The molecule has 0 aliphatic carbocycles. The van der Waals surface area contributed by atoms with Gasteiger partial charge in [0.05, 0.1) is 10.0 Å². The van der Waals surface area contributed by atoms with Gasteiger partial charge in [-0.15, -0.1) is 0 Å². The van der Waals surface area contributed by atoms with Crippen LogP contribution in [0.3, 0.4) is 0 Å². The van der Waals surface area contributed by atoms with E-state index in [-0.39, 0.29) is 5.82 Å². The first-order valence-corrected chi connectivity index (χ1v) is 6.32. The first-order chi connectivity index (χ1) is 7.59. The van der Waals surface area contributed by atoms with Crippen LogP contribution < -0.4 is 0 Å². The van der Waals surface area contributed by atoms with Crippen molar-refractivity contribution in [2.24, 2.45) is 0 Å². The van der Waals surface area contributed by atoms with E-state index in [0.29, 0.717) is 21.2 Å². The van der Waals surface area contributed by atoms with Gasteiger partial charge < -0.3 is 0 Å². The lowest BCUT2D eigenvalue weighted by Gasteiger charge is -2.07. The Balaban J connectivity index is 2.67. The van der Waals surface area contributed by atoms with Crippen LogP contribution in [0.5, 0.6) is 0 Å². The number of hydrogen-bond acceptors (Lipinski definition) is 0. The number of halogens is 4. The highest BCUT2D eigenvalue weighted by Gasteiger charge is 2.11. The van der Waals surface area contributed by atoms with E-state index in [1.807, 2.05) is 0 Å². The molecule has 0 radical (unpaired) electrons. The molecular formula is C12H6Cl2FI. The van der Waals surface area contributed by atoms with E-state index >= 15 is 0 Å². The van der Waals surface area contributed by atoms with Gasteiger partial charge in [0.25, 0.3) is 0 Å². The summed E-state index contributed by atoms with van der Waals surface area (Å²) < 4.78 is 14.6. The third-order valence-corrected chi connectivity index (χ3v) is 3.66. The number of benzene rings is 2. The molecular weight excluding hydrogens is 361 g/mol. The van der Waals surface area contributed by atoms with Crippen LogP contribution in [-0.2, 0) is 0 Å². The summed E-state index contributed by atoms with van der Waals surface area (Å²) in [6.07, 6.45) is 0. The second-order valence-corrected chi connectivity index (χ2v) is 5.26. The largest absolute Gasteiger partial charge is 0.206 e. The van der Waals surface area contributed by atoms with Gasteiger partial charge in [-0.3, -0.25) is 0 Å². The van der Waals surface area contributed by atoms with Crippen LogP contribution in [0.1, 0.15) is 0 Å². The highest BCUT2D eigenvalue weighted by atomic mass is 127. The Kier molecular flexibility index (Phi) is 3.72. The van der Waals surface area contributed by atoms with Gasteiger partial charge in [0.2, 0.25) is 0 Å². The summed E-state index contributed by atoms with van der Waals surface area (Å²) >= 11 is 14.1. The average Bonchev–Trinajstić information content (AvgIpc) is 2.26. The Morgan fingerprint density at radius 2 is 1.75 bits per heavy atom. The van der Waals surface area contributed by atoms with Gasteiger partial charge in [-0.1, -0.05) is 35.3 Å². The van der Waals surface area contributed by atoms with Gasteiger partial charge in [0.1, 0.15) is 5.82 Å². The molecule has 2 rings (SSSR count). The molecule has 0 heterocycles. The Morgan fingerprint density at radius 3 is 2.50 bits per heavy atom. The van der Waals surface area contributed by atoms with Crippen LogP contribution in [-0.4, -0.2) is 0 Å². The number of rotatable bonds is 1. The Labute approximate surface area is 117 Å². The second-order valence-electron chi connectivity index (χ2n) is 3.23. The smallest absolute Gasteiger partial charge is 0.131 e. The molecule has 0 saturated heterocycles. The Morgan fingerprint density at radius 1 is 1.00 bits per heavy atom. The van der Waals surface area contributed by atoms with Crippen LogP contribution in [0.2, 0.25) is 10.0 Å². The highest BCUT2D eigenvalue weighted by Crippen LogP contribution is 2.35. The van der Waals surface area contributed by atoms with Crippen LogP contribution in [0.25, 0.3) is 11.1 Å². The van der Waals surface area contributed by atoms with Crippen molar-refractivity contribution < 1.29 is 4.39 Å². The second kappa shape index (κ2) is 4.90. The molecule has 0 unspecified atom stereocenters. The van der Waals surface area contributed by atoms with Crippen LogP contribution in [0, 0.1) is 9.39 Å². The molecule has 4 heteroatoms. The lowest BCUT2D eigenvalue weighted by atomic mass is 10.1. The van der Waals surface area contributed by atoms with E-state index in [2.05, 4.69) is 22.6 Å². The third kappa shape index (κ3) is 2.34. The Hall–Kier alpha value is -0.320. The first-order valence-electron chi connectivity index (χ1n) is 4.49. The summed E-state index contributed by atoms with van der Waals surface area (Å²) in [5.74, 6) is -0.301. The molecule has 2 aromatic carbocycles. The minimum atomic E-state index is -0.301. The molecule has 0 aromatic heterocycles.